The zero-order valence-electron chi connectivity index (χ0n) is 13.1. The summed E-state index contributed by atoms with van der Waals surface area (Å²) in [5, 5.41) is 18.2. The number of rotatable bonds is 4. The van der Waals surface area contributed by atoms with E-state index in [1.807, 2.05) is 32.4 Å². The lowest BCUT2D eigenvalue weighted by Crippen LogP contribution is -2.57. The van der Waals surface area contributed by atoms with Gasteiger partial charge in [0, 0.05) is 6.04 Å². The average Bonchev–Trinajstić information content (AvgIpc) is 2.66. The average molecular weight is 314 g/mol. The van der Waals surface area contributed by atoms with Crippen molar-refractivity contribution in [1.82, 2.24) is 15.1 Å². The fourth-order valence-electron chi connectivity index (χ4n) is 3.39. The number of nitrogens with one attached hydrogen (secondary N) is 1. The molecule has 0 amide bonds. The van der Waals surface area contributed by atoms with E-state index in [1.54, 1.807) is 0 Å². The molecule has 1 aliphatic carbocycles. The molecule has 0 bridgehead atoms. The number of halogens is 1. The Kier molecular flexibility index (Phi) is 4.63. The first-order valence-corrected chi connectivity index (χ1v) is 7.87. The van der Waals surface area contributed by atoms with Crippen LogP contribution in [0, 0.1) is 13.8 Å². The molecule has 2 rings (SSSR count). The summed E-state index contributed by atoms with van der Waals surface area (Å²) in [7, 11) is 0. The van der Waals surface area contributed by atoms with Gasteiger partial charge in [0.2, 0.25) is 0 Å². The largest absolute Gasteiger partial charge is 0.480 e. The van der Waals surface area contributed by atoms with E-state index < -0.39 is 11.5 Å². The van der Waals surface area contributed by atoms with Gasteiger partial charge in [0.05, 0.1) is 22.5 Å². The predicted molar refractivity (Wildman–Crippen MR) is 82.9 cm³/mol. The lowest BCUT2D eigenvalue weighted by molar-refractivity contribution is -0.147. The van der Waals surface area contributed by atoms with Gasteiger partial charge in [0.25, 0.3) is 0 Å². The third-order valence-corrected chi connectivity index (χ3v) is 4.83. The van der Waals surface area contributed by atoms with Crippen LogP contribution in [0.5, 0.6) is 0 Å². The smallest absolute Gasteiger partial charge is 0.323 e. The van der Waals surface area contributed by atoms with E-state index in [2.05, 4.69) is 10.4 Å². The first-order chi connectivity index (χ1) is 9.77. The van der Waals surface area contributed by atoms with Crippen LogP contribution in [0.1, 0.15) is 57.0 Å². The molecule has 1 aromatic heterocycles. The summed E-state index contributed by atoms with van der Waals surface area (Å²) in [6.07, 6.45) is 3.00. The van der Waals surface area contributed by atoms with Gasteiger partial charge in [-0.1, -0.05) is 11.6 Å². The fourth-order valence-corrected chi connectivity index (χ4v) is 3.52. The summed E-state index contributed by atoms with van der Waals surface area (Å²) in [4.78, 5) is 11.8. The molecular weight excluding hydrogens is 290 g/mol. The van der Waals surface area contributed by atoms with E-state index in [0.29, 0.717) is 17.9 Å². The highest BCUT2D eigenvalue weighted by Gasteiger charge is 2.44. The van der Waals surface area contributed by atoms with Crippen molar-refractivity contribution in [3.63, 3.8) is 0 Å². The lowest BCUT2D eigenvalue weighted by atomic mass is 9.78. The second-order valence-electron chi connectivity index (χ2n) is 6.37. The molecule has 21 heavy (non-hydrogen) atoms. The van der Waals surface area contributed by atoms with Crippen LogP contribution in [0.4, 0.5) is 0 Å². The van der Waals surface area contributed by atoms with Crippen LogP contribution < -0.4 is 5.32 Å². The van der Waals surface area contributed by atoms with Crippen LogP contribution in [0.15, 0.2) is 0 Å². The van der Waals surface area contributed by atoms with Crippen molar-refractivity contribution in [1.29, 1.82) is 0 Å². The van der Waals surface area contributed by atoms with E-state index >= 15 is 0 Å². The first kappa shape index (κ1) is 16.3. The van der Waals surface area contributed by atoms with E-state index in [9.17, 15) is 9.90 Å². The number of aromatic nitrogens is 2. The van der Waals surface area contributed by atoms with Crippen LogP contribution in [-0.4, -0.2) is 32.4 Å². The highest BCUT2D eigenvalue weighted by Crippen LogP contribution is 2.37. The van der Waals surface area contributed by atoms with Gasteiger partial charge in [-0.2, -0.15) is 5.10 Å². The maximum Gasteiger partial charge on any atom is 0.323 e. The zero-order chi connectivity index (χ0) is 15.8. The Bertz CT molecular complexity index is 541. The molecule has 1 heterocycles. The van der Waals surface area contributed by atoms with Gasteiger partial charge < -0.3 is 5.11 Å². The van der Waals surface area contributed by atoms with Crippen LogP contribution in [0.25, 0.3) is 0 Å². The van der Waals surface area contributed by atoms with Gasteiger partial charge in [0.15, 0.2) is 0 Å². The topological polar surface area (TPSA) is 67.2 Å². The molecule has 0 saturated heterocycles. The summed E-state index contributed by atoms with van der Waals surface area (Å²) in [6.45, 7) is 7.78. The Morgan fingerprint density at radius 2 is 2.19 bits per heavy atom. The van der Waals surface area contributed by atoms with E-state index in [0.717, 1.165) is 24.2 Å². The third kappa shape index (κ3) is 3.09. The summed E-state index contributed by atoms with van der Waals surface area (Å²) in [6, 6.07) is 0.205. The number of carboxylic acid groups (broad SMARTS) is 1. The molecular formula is C15H24ClN3O2. The van der Waals surface area contributed by atoms with Gasteiger partial charge in [0.1, 0.15) is 5.54 Å². The summed E-state index contributed by atoms with van der Waals surface area (Å²) in [5.41, 5.74) is 0.859. The highest BCUT2D eigenvalue weighted by molar-refractivity contribution is 6.31. The van der Waals surface area contributed by atoms with Crippen LogP contribution >= 0.6 is 11.6 Å². The van der Waals surface area contributed by atoms with Crippen molar-refractivity contribution in [2.24, 2.45) is 0 Å². The number of aliphatic carboxylic acids is 1. The zero-order valence-corrected chi connectivity index (χ0v) is 13.9. The molecule has 1 fully saturated rings. The van der Waals surface area contributed by atoms with Crippen LogP contribution in [-0.2, 0) is 4.79 Å². The normalized spacial score (nSPS) is 26.3. The Morgan fingerprint density at radius 3 is 2.67 bits per heavy atom. The summed E-state index contributed by atoms with van der Waals surface area (Å²) >= 11 is 6.22. The van der Waals surface area contributed by atoms with Crippen molar-refractivity contribution in [2.45, 2.75) is 71.0 Å². The number of hydrogen-bond donors (Lipinski definition) is 2. The maximum atomic E-state index is 11.8. The SMILES string of the molecule is Cc1nn(C2CCCC(NC(C)C)(C(=O)O)C2)c(C)c1Cl. The lowest BCUT2D eigenvalue weighted by Gasteiger charge is -2.40. The third-order valence-electron chi connectivity index (χ3n) is 4.28. The van der Waals surface area contributed by atoms with Crippen molar-refractivity contribution in [3.05, 3.63) is 16.4 Å². The Morgan fingerprint density at radius 1 is 1.52 bits per heavy atom. The summed E-state index contributed by atoms with van der Waals surface area (Å²) < 4.78 is 1.91. The second-order valence-corrected chi connectivity index (χ2v) is 6.74. The maximum absolute atomic E-state index is 11.8. The van der Waals surface area contributed by atoms with Crippen molar-refractivity contribution < 1.29 is 9.90 Å². The van der Waals surface area contributed by atoms with E-state index in [-0.39, 0.29) is 12.1 Å². The second kappa shape index (κ2) is 5.97. The number of nitrogens with zero attached hydrogens (tertiary/aromatic N) is 2. The molecule has 0 aromatic carbocycles. The van der Waals surface area contributed by atoms with Crippen molar-refractivity contribution in [2.75, 3.05) is 0 Å². The summed E-state index contributed by atoms with van der Waals surface area (Å²) in [5.74, 6) is -0.770. The molecule has 118 valence electrons. The van der Waals surface area contributed by atoms with E-state index in [4.69, 9.17) is 11.6 Å². The molecule has 1 aliphatic rings. The van der Waals surface area contributed by atoms with Crippen LogP contribution in [0.2, 0.25) is 5.02 Å². The predicted octanol–water partition coefficient (Wildman–Crippen LogP) is 3.09. The molecule has 0 spiro atoms. The number of carboxylic acids is 1. The number of carbonyl (C=O) groups is 1. The van der Waals surface area contributed by atoms with Gasteiger partial charge in [-0.05, 0) is 53.4 Å². The standard InChI is InChI=1S/C15H24ClN3O2/c1-9(2)17-15(14(20)21)7-5-6-12(8-15)19-11(4)13(16)10(3)18-19/h9,12,17H,5-8H2,1-4H3,(H,20,21). The molecule has 1 aromatic rings. The minimum atomic E-state index is -0.865. The van der Waals surface area contributed by atoms with Gasteiger partial charge in [-0.15, -0.1) is 0 Å². The van der Waals surface area contributed by atoms with Crippen molar-refractivity contribution >= 4 is 17.6 Å². The molecule has 2 atom stereocenters. The Labute approximate surface area is 130 Å². The molecule has 5 nitrogen and oxygen atoms in total. The highest BCUT2D eigenvalue weighted by atomic mass is 35.5. The van der Waals surface area contributed by atoms with E-state index in [1.165, 1.54) is 0 Å². The number of aryl methyl sites for hydroxylation is 1. The minimum Gasteiger partial charge on any atom is -0.480 e. The van der Waals surface area contributed by atoms with Crippen LogP contribution in [0.3, 0.4) is 0 Å². The van der Waals surface area contributed by atoms with Gasteiger partial charge in [-0.3, -0.25) is 14.8 Å². The minimum absolute atomic E-state index is 0.0762. The first-order valence-electron chi connectivity index (χ1n) is 7.49. The number of hydrogen-bond acceptors (Lipinski definition) is 3. The quantitative estimate of drug-likeness (QED) is 0.896. The molecule has 0 radical (unpaired) electrons. The Balaban J connectivity index is 2.30. The van der Waals surface area contributed by atoms with Gasteiger partial charge in [-0.25, -0.2) is 0 Å². The molecule has 2 N–H and O–H groups in total. The van der Waals surface area contributed by atoms with Gasteiger partial charge >= 0.3 is 5.97 Å². The Hall–Kier alpha value is -1.07. The van der Waals surface area contributed by atoms with Crippen molar-refractivity contribution in [3.8, 4) is 0 Å². The fraction of sp³-hybridized carbons (Fsp3) is 0.733. The molecule has 6 heteroatoms. The molecule has 1 saturated carbocycles. The monoisotopic (exact) mass is 313 g/mol. The molecule has 0 aliphatic heterocycles. The molecule has 2 unspecified atom stereocenters.